The maximum Gasteiger partial charge on any atom is 0.341 e. The third-order valence-electron chi connectivity index (χ3n) is 2.40. The highest BCUT2D eigenvalue weighted by molar-refractivity contribution is 5.68. The highest BCUT2D eigenvalue weighted by Crippen LogP contribution is 2.18. The molecule has 0 bridgehead atoms. The van der Waals surface area contributed by atoms with E-state index in [1.54, 1.807) is 13.2 Å². The van der Waals surface area contributed by atoms with Gasteiger partial charge in [-0.05, 0) is 24.1 Å². The lowest BCUT2D eigenvalue weighted by Gasteiger charge is -2.09. The molecular weight excluding hydrogens is 234 g/mol. The summed E-state index contributed by atoms with van der Waals surface area (Å²) in [4.78, 5) is 10.4. The molecule has 18 heavy (non-hydrogen) atoms. The van der Waals surface area contributed by atoms with Gasteiger partial charge in [-0.25, -0.2) is 4.79 Å². The molecule has 5 nitrogen and oxygen atoms in total. The lowest BCUT2D eigenvalue weighted by atomic mass is 10.1. The summed E-state index contributed by atoms with van der Waals surface area (Å²) >= 11 is 0. The second-order valence-electron chi connectivity index (χ2n) is 3.95. The largest absolute Gasteiger partial charge is 0.482 e. The first-order valence-electron chi connectivity index (χ1n) is 5.77. The molecule has 0 aliphatic heterocycles. The molecule has 0 radical (unpaired) electrons. The molecule has 100 valence electrons. The fourth-order valence-corrected chi connectivity index (χ4v) is 1.53. The van der Waals surface area contributed by atoms with Crippen molar-refractivity contribution >= 4 is 5.97 Å². The zero-order valence-electron chi connectivity index (χ0n) is 10.7. The number of aliphatic carboxylic acids is 1. The molecule has 5 heteroatoms. The van der Waals surface area contributed by atoms with Gasteiger partial charge in [0.25, 0.3) is 0 Å². The minimum atomic E-state index is -0.972. The van der Waals surface area contributed by atoms with Crippen LogP contribution in [-0.4, -0.2) is 37.9 Å². The molecule has 0 aliphatic rings. The summed E-state index contributed by atoms with van der Waals surface area (Å²) in [6.07, 6.45) is 0. The van der Waals surface area contributed by atoms with Crippen LogP contribution in [0.1, 0.15) is 11.1 Å². The van der Waals surface area contributed by atoms with Gasteiger partial charge in [0.15, 0.2) is 6.61 Å². The fraction of sp³-hybridized carbons (Fsp3) is 0.462. The Balaban J connectivity index is 2.48. The van der Waals surface area contributed by atoms with E-state index in [4.69, 9.17) is 14.6 Å². The SMILES string of the molecule is COCCNCc1ccc(OCC(=O)O)c(C)c1. The van der Waals surface area contributed by atoms with E-state index >= 15 is 0 Å². The lowest BCUT2D eigenvalue weighted by molar-refractivity contribution is -0.139. The highest BCUT2D eigenvalue weighted by atomic mass is 16.5. The number of carbonyl (C=O) groups is 1. The van der Waals surface area contributed by atoms with Crippen LogP contribution < -0.4 is 10.1 Å². The standard InChI is InChI=1S/C13H19NO4/c1-10-7-11(8-14-5-6-17-2)3-4-12(10)18-9-13(15)16/h3-4,7,14H,5-6,8-9H2,1-2H3,(H,15,16). The van der Waals surface area contributed by atoms with Crippen molar-refractivity contribution in [3.63, 3.8) is 0 Å². The Kier molecular flexibility index (Phi) is 6.18. The van der Waals surface area contributed by atoms with Crippen molar-refractivity contribution in [2.24, 2.45) is 0 Å². The van der Waals surface area contributed by atoms with Gasteiger partial charge in [0, 0.05) is 20.2 Å². The number of aryl methyl sites for hydroxylation is 1. The summed E-state index contributed by atoms with van der Waals surface area (Å²) in [6.45, 7) is 3.82. The van der Waals surface area contributed by atoms with Crippen LogP contribution >= 0.6 is 0 Å². The van der Waals surface area contributed by atoms with E-state index in [-0.39, 0.29) is 6.61 Å². The molecule has 0 spiro atoms. The number of rotatable bonds is 8. The maximum absolute atomic E-state index is 10.4. The summed E-state index contributed by atoms with van der Waals surface area (Å²) in [5, 5.41) is 11.8. The Morgan fingerprint density at radius 2 is 2.22 bits per heavy atom. The minimum absolute atomic E-state index is 0.313. The average molecular weight is 253 g/mol. The van der Waals surface area contributed by atoms with Gasteiger partial charge in [-0.1, -0.05) is 12.1 Å². The Labute approximate surface area is 107 Å². The van der Waals surface area contributed by atoms with Crippen LogP contribution in [0.3, 0.4) is 0 Å². The van der Waals surface area contributed by atoms with Crippen molar-refractivity contribution in [1.82, 2.24) is 5.32 Å². The Hall–Kier alpha value is -1.59. The van der Waals surface area contributed by atoms with Crippen molar-refractivity contribution in [2.75, 3.05) is 26.9 Å². The quantitative estimate of drug-likeness (QED) is 0.681. The van der Waals surface area contributed by atoms with E-state index in [1.165, 1.54) is 0 Å². The summed E-state index contributed by atoms with van der Waals surface area (Å²) in [7, 11) is 1.67. The van der Waals surface area contributed by atoms with Gasteiger partial charge in [-0.3, -0.25) is 0 Å². The molecule has 1 aromatic carbocycles. The number of methoxy groups -OCH3 is 1. The van der Waals surface area contributed by atoms with Crippen molar-refractivity contribution in [3.8, 4) is 5.75 Å². The number of hydrogen-bond acceptors (Lipinski definition) is 4. The molecule has 0 saturated heterocycles. The summed E-state index contributed by atoms with van der Waals surface area (Å²) in [6, 6.07) is 5.70. The van der Waals surface area contributed by atoms with Gasteiger partial charge < -0.3 is 19.9 Å². The molecule has 0 aliphatic carbocycles. The van der Waals surface area contributed by atoms with Crippen molar-refractivity contribution in [1.29, 1.82) is 0 Å². The van der Waals surface area contributed by atoms with E-state index in [0.29, 0.717) is 12.4 Å². The summed E-state index contributed by atoms with van der Waals surface area (Å²) in [5.41, 5.74) is 2.06. The Morgan fingerprint density at radius 3 is 2.83 bits per heavy atom. The molecule has 1 aromatic rings. The molecule has 0 atom stereocenters. The number of ether oxygens (including phenoxy) is 2. The third-order valence-corrected chi connectivity index (χ3v) is 2.40. The fourth-order valence-electron chi connectivity index (χ4n) is 1.53. The molecule has 0 aromatic heterocycles. The topological polar surface area (TPSA) is 67.8 Å². The van der Waals surface area contributed by atoms with Gasteiger partial charge in [0.2, 0.25) is 0 Å². The molecule has 0 heterocycles. The van der Waals surface area contributed by atoms with Gasteiger partial charge in [-0.15, -0.1) is 0 Å². The number of benzene rings is 1. The maximum atomic E-state index is 10.4. The Morgan fingerprint density at radius 1 is 1.44 bits per heavy atom. The normalized spacial score (nSPS) is 10.3. The van der Waals surface area contributed by atoms with Crippen LogP contribution in [0.25, 0.3) is 0 Å². The smallest absolute Gasteiger partial charge is 0.341 e. The van der Waals surface area contributed by atoms with E-state index in [9.17, 15) is 4.79 Å². The summed E-state index contributed by atoms with van der Waals surface area (Å²) < 4.78 is 10.1. The van der Waals surface area contributed by atoms with Crippen molar-refractivity contribution in [2.45, 2.75) is 13.5 Å². The predicted octanol–water partition coefficient (Wildman–Crippen LogP) is 1.19. The van der Waals surface area contributed by atoms with E-state index in [1.807, 2.05) is 19.1 Å². The molecule has 2 N–H and O–H groups in total. The van der Waals surface area contributed by atoms with Crippen LogP contribution in [0, 0.1) is 6.92 Å². The van der Waals surface area contributed by atoms with Gasteiger partial charge in [0.05, 0.1) is 6.61 Å². The molecule has 0 saturated carbocycles. The average Bonchev–Trinajstić information content (AvgIpc) is 2.33. The van der Waals surface area contributed by atoms with E-state index in [0.717, 1.165) is 24.2 Å². The van der Waals surface area contributed by atoms with Crippen LogP contribution in [-0.2, 0) is 16.1 Å². The molecular formula is C13H19NO4. The first kappa shape index (κ1) is 14.5. The van der Waals surface area contributed by atoms with Gasteiger partial charge >= 0.3 is 5.97 Å². The molecule has 1 rings (SSSR count). The van der Waals surface area contributed by atoms with Crippen molar-refractivity contribution in [3.05, 3.63) is 29.3 Å². The van der Waals surface area contributed by atoms with Crippen LogP contribution in [0.5, 0.6) is 5.75 Å². The van der Waals surface area contributed by atoms with Crippen LogP contribution in [0.4, 0.5) is 0 Å². The highest BCUT2D eigenvalue weighted by Gasteiger charge is 2.03. The van der Waals surface area contributed by atoms with Gasteiger partial charge in [0.1, 0.15) is 5.75 Å². The summed E-state index contributed by atoms with van der Waals surface area (Å²) in [5.74, 6) is -0.363. The van der Waals surface area contributed by atoms with Crippen molar-refractivity contribution < 1.29 is 19.4 Å². The minimum Gasteiger partial charge on any atom is -0.482 e. The van der Waals surface area contributed by atoms with Gasteiger partial charge in [-0.2, -0.15) is 0 Å². The molecule has 0 fully saturated rings. The number of carboxylic acid groups (broad SMARTS) is 1. The number of nitrogens with one attached hydrogen (secondary N) is 1. The van der Waals surface area contributed by atoms with Crippen LogP contribution in [0.15, 0.2) is 18.2 Å². The van der Waals surface area contributed by atoms with E-state index < -0.39 is 5.97 Å². The second-order valence-corrected chi connectivity index (χ2v) is 3.95. The predicted molar refractivity (Wildman–Crippen MR) is 67.9 cm³/mol. The zero-order valence-corrected chi connectivity index (χ0v) is 10.7. The molecule has 0 amide bonds. The Bertz CT molecular complexity index is 393. The first-order valence-corrected chi connectivity index (χ1v) is 5.77. The van der Waals surface area contributed by atoms with Crippen LogP contribution in [0.2, 0.25) is 0 Å². The lowest BCUT2D eigenvalue weighted by Crippen LogP contribution is -2.18. The number of carboxylic acids is 1. The van der Waals surface area contributed by atoms with E-state index in [2.05, 4.69) is 5.32 Å². The zero-order chi connectivity index (χ0) is 13.4. The number of hydrogen-bond donors (Lipinski definition) is 2. The first-order chi connectivity index (χ1) is 8.63. The second kappa shape index (κ2) is 7.68. The molecule has 0 unspecified atom stereocenters. The monoisotopic (exact) mass is 253 g/mol. The third kappa shape index (κ3) is 5.16.